The third-order valence-electron chi connectivity index (χ3n) is 3.37. The highest BCUT2D eigenvalue weighted by Crippen LogP contribution is 2.33. The van der Waals surface area contributed by atoms with Crippen LogP contribution >= 0.6 is 0 Å². The van der Waals surface area contributed by atoms with E-state index in [2.05, 4.69) is 55.0 Å². The molecule has 0 aliphatic heterocycles. The fraction of sp³-hybridized carbons (Fsp3) is 0.400. The summed E-state index contributed by atoms with van der Waals surface area (Å²) < 4.78 is 1.85. The number of aryl methyl sites for hydroxylation is 2. The lowest BCUT2D eigenvalue weighted by Crippen LogP contribution is -2.15. The van der Waals surface area contributed by atoms with Gasteiger partial charge in [-0.1, -0.05) is 31.5 Å². The number of hydrogen-bond donors (Lipinski definition) is 1. The summed E-state index contributed by atoms with van der Waals surface area (Å²) in [6.45, 7) is 6.29. The Bertz CT molecular complexity index is 567. The summed E-state index contributed by atoms with van der Waals surface area (Å²) in [7, 11) is 3.95. The van der Waals surface area contributed by atoms with Crippen LogP contribution < -0.4 is 10.6 Å². The number of hydrogen-bond acceptors (Lipinski definition) is 3. The van der Waals surface area contributed by atoms with Gasteiger partial charge in [0.05, 0.1) is 11.4 Å². The van der Waals surface area contributed by atoms with Gasteiger partial charge in [0.25, 0.3) is 0 Å². The van der Waals surface area contributed by atoms with Crippen molar-refractivity contribution in [2.75, 3.05) is 17.7 Å². The minimum atomic E-state index is 0.325. The van der Waals surface area contributed by atoms with Gasteiger partial charge in [0.2, 0.25) is 0 Å². The minimum Gasteiger partial charge on any atom is -0.394 e. The Labute approximate surface area is 114 Å². The van der Waals surface area contributed by atoms with Crippen molar-refractivity contribution in [3.05, 3.63) is 35.5 Å². The first-order valence-corrected chi connectivity index (χ1v) is 6.54. The molecule has 4 heteroatoms. The molecule has 19 heavy (non-hydrogen) atoms. The summed E-state index contributed by atoms with van der Waals surface area (Å²) in [4.78, 5) is 2.08. The molecule has 0 spiro atoms. The molecule has 0 saturated heterocycles. The lowest BCUT2D eigenvalue weighted by atomic mass is 10.1. The number of aromatic nitrogens is 2. The Hall–Kier alpha value is -1.97. The molecule has 0 bridgehead atoms. The molecule has 2 aromatic rings. The van der Waals surface area contributed by atoms with Gasteiger partial charge in [-0.15, -0.1) is 0 Å². The monoisotopic (exact) mass is 258 g/mol. The summed E-state index contributed by atoms with van der Waals surface area (Å²) in [5.41, 5.74) is 10.3. The van der Waals surface area contributed by atoms with E-state index in [1.807, 2.05) is 18.8 Å². The molecule has 2 N–H and O–H groups in total. The van der Waals surface area contributed by atoms with Crippen molar-refractivity contribution in [1.29, 1.82) is 0 Å². The third kappa shape index (κ3) is 2.43. The topological polar surface area (TPSA) is 47.1 Å². The molecule has 1 aromatic carbocycles. The maximum Gasteiger partial charge on any atom is 0.154 e. The molecule has 0 radical (unpaired) electrons. The summed E-state index contributed by atoms with van der Waals surface area (Å²) in [6.07, 6.45) is 0. The highest BCUT2D eigenvalue weighted by molar-refractivity contribution is 5.73. The maximum atomic E-state index is 6.25. The van der Waals surface area contributed by atoms with E-state index in [1.165, 1.54) is 5.56 Å². The molecule has 0 aliphatic carbocycles. The van der Waals surface area contributed by atoms with Crippen molar-refractivity contribution in [1.82, 2.24) is 9.78 Å². The maximum absolute atomic E-state index is 6.25. The van der Waals surface area contributed by atoms with Gasteiger partial charge in [0.15, 0.2) is 5.82 Å². The number of nitrogens with two attached hydrogens (primary N) is 1. The number of nitrogen functional groups attached to an aromatic ring is 1. The van der Waals surface area contributed by atoms with Gasteiger partial charge >= 0.3 is 0 Å². The van der Waals surface area contributed by atoms with Crippen LogP contribution in [0.3, 0.4) is 0 Å². The summed E-state index contributed by atoms with van der Waals surface area (Å²) >= 11 is 0. The van der Waals surface area contributed by atoms with E-state index in [0.29, 0.717) is 5.92 Å². The fourth-order valence-corrected chi connectivity index (χ4v) is 2.27. The van der Waals surface area contributed by atoms with E-state index in [1.54, 1.807) is 0 Å². The van der Waals surface area contributed by atoms with Crippen LogP contribution in [-0.4, -0.2) is 16.8 Å². The smallest absolute Gasteiger partial charge is 0.154 e. The molecule has 0 saturated carbocycles. The standard InChI is InChI=1S/C15H22N4/c1-10(2)14-13(16)15(19(5)17-14)18(4)12-8-6-11(3)7-9-12/h6-10H,16H2,1-5H3. The van der Waals surface area contributed by atoms with Crippen molar-refractivity contribution >= 4 is 17.2 Å². The minimum absolute atomic E-state index is 0.325. The van der Waals surface area contributed by atoms with Crippen LogP contribution in [0.5, 0.6) is 0 Å². The molecular formula is C15H22N4. The van der Waals surface area contributed by atoms with Crippen molar-refractivity contribution in [3.63, 3.8) is 0 Å². The van der Waals surface area contributed by atoms with Crippen LogP contribution in [0.4, 0.5) is 17.2 Å². The highest BCUT2D eigenvalue weighted by atomic mass is 15.4. The predicted molar refractivity (Wildman–Crippen MR) is 81.0 cm³/mol. The molecule has 0 aliphatic rings. The third-order valence-corrected chi connectivity index (χ3v) is 3.37. The SMILES string of the molecule is Cc1ccc(N(C)c2c(N)c(C(C)C)nn2C)cc1. The van der Waals surface area contributed by atoms with Crippen molar-refractivity contribution < 1.29 is 0 Å². The van der Waals surface area contributed by atoms with E-state index in [0.717, 1.165) is 22.9 Å². The Morgan fingerprint density at radius 1 is 1.21 bits per heavy atom. The molecular weight excluding hydrogens is 236 g/mol. The van der Waals surface area contributed by atoms with Crippen molar-refractivity contribution in [3.8, 4) is 0 Å². The number of nitrogens with zero attached hydrogens (tertiary/aromatic N) is 3. The van der Waals surface area contributed by atoms with E-state index >= 15 is 0 Å². The van der Waals surface area contributed by atoms with Gasteiger partial charge in [0, 0.05) is 19.8 Å². The zero-order valence-corrected chi connectivity index (χ0v) is 12.3. The zero-order valence-electron chi connectivity index (χ0n) is 12.3. The zero-order chi connectivity index (χ0) is 14.2. The lowest BCUT2D eigenvalue weighted by Gasteiger charge is -2.20. The lowest BCUT2D eigenvalue weighted by molar-refractivity contribution is 0.711. The molecule has 0 unspecified atom stereocenters. The highest BCUT2D eigenvalue weighted by Gasteiger charge is 2.19. The van der Waals surface area contributed by atoms with Gasteiger partial charge in [-0.3, -0.25) is 4.68 Å². The second-order valence-electron chi connectivity index (χ2n) is 5.30. The molecule has 0 fully saturated rings. The Morgan fingerprint density at radius 2 is 1.79 bits per heavy atom. The second-order valence-corrected chi connectivity index (χ2v) is 5.30. The molecule has 0 atom stereocenters. The van der Waals surface area contributed by atoms with E-state index in [-0.39, 0.29) is 0 Å². The average Bonchev–Trinajstić information content (AvgIpc) is 2.65. The van der Waals surface area contributed by atoms with Crippen LogP contribution in [0, 0.1) is 6.92 Å². The van der Waals surface area contributed by atoms with E-state index < -0.39 is 0 Å². The quantitative estimate of drug-likeness (QED) is 0.919. The normalized spacial score (nSPS) is 11.1. The van der Waals surface area contributed by atoms with Crippen LogP contribution in [0.25, 0.3) is 0 Å². The summed E-state index contributed by atoms with van der Waals surface area (Å²) in [5.74, 6) is 1.26. The Kier molecular flexibility index (Phi) is 3.51. The van der Waals surface area contributed by atoms with E-state index in [9.17, 15) is 0 Å². The van der Waals surface area contributed by atoms with Crippen LogP contribution in [0.2, 0.25) is 0 Å². The molecule has 1 aromatic heterocycles. The molecule has 0 amide bonds. The predicted octanol–water partition coefficient (Wildman–Crippen LogP) is 3.20. The number of benzene rings is 1. The van der Waals surface area contributed by atoms with Crippen molar-refractivity contribution in [2.24, 2.45) is 7.05 Å². The Morgan fingerprint density at radius 3 is 2.26 bits per heavy atom. The van der Waals surface area contributed by atoms with Gasteiger partial charge in [0.1, 0.15) is 0 Å². The fourth-order valence-electron chi connectivity index (χ4n) is 2.27. The Balaban J connectivity index is 2.44. The van der Waals surface area contributed by atoms with Gasteiger partial charge in [-0.25, -0.2) is 0 Å². The van der Waals surface area contributed by atoms with Gasteiger partial charge in [-0.05, 0) is 25.0 Å². The first-order valence-electron chi connectivity index (χ1n) is 6.54. The van der Waals surface area contributed by atoms with Gasteiger partial charge < -0.3 is 10.6 Å². The van der Waals surface area contributed by atoms with Gasteiger partial charge in [-0.2, -0.15) is 5.10 Å². The number of anilines is 3. The second kappa shape index (κ2) is 4.96. The summed E-state index contributed by atoms with van der Waals surface area (Å²) in [5, 5.41) is 4.52. The summed E-state index contributed by atoms with van der Waals surface area (Å²) in [6, 6.07) is 8.39. The van der Waals surface area contributed by atoms with Crippen LogP contribution in [0.1, 0.15) is 31.0 Å². The first-order chi connectivity index (χ1) is 8.91. The van der Waals surface area contributed by atoms with Crippen LogP contribution in [0.15, 0.2) is 24.3 Å². The van der Waals surface area contributed by atoms with Crippen molar-refractivity contribution in [2.45, 2.75) is 26.7 Å². The molecule has 4 nitrogen and oxygen atoms in total. The molecule has 2 rings (SSSR count). The van der Waals surface area contributed by atoms with Crippen LogP contribution in [-0.2, 0) is 7.05 Å². The average molecular weight is 258 g/mol. The van der Waals surface area contributed by atoms with E-state index in [4.69, 9.17) is 5.73 Å². The number of rotatable bonds is 3. The molecule has 1 heterocycles. The molecule has 102 valence electrons. The first kappa shape index (κ1) is 13.5. The largest absolute Gasteiger partial charge is 0.394 e.